The lowest BCUT2D eigenvalue weighted by atomic mass is 10.2. The molecule has 5 nitrogen and oxygen atoms in total. The molecule has 96 valence electrons. The molecule has 0 saturated carbocycles. The number of nitrogens with zero attached hydrogens (tertiary/aromatic N) is 1. The fourth-order valence-corrected chi connectivity index (χ4v) is 2.39. The summed E-state index contributed by atoms with van der Waals surface area (Å²) < 4.78 is 0. The lowest BCUT2D eigenvalue weighted by molar-refractivity contribution is -0.121. The van der Waals surface area contributed by atoms with Crippen LogP contribution in [-0.4, -0.2) is 24.4 Å². The first-order chi connectivity index (χ1) is 8.20. The molecule has 1 aromatic heterocycles. The molecule has 2 amide bonds. The van der Waals surface area contributed by atoms with Gasteiger partial charge < -0.3 is 5.32 Å². The van der Waals surface area contributed by atoms with Crippen LogP contribution < -0.4 is 10.6 Å². The first-order valence-electron chi connectivity index (χ1n) is 5.29. The van der Waals surface area contributed by atoms with Crippen molar-refractivity contribution in [2.75, 3.05) is 6.54 Å². The molecule has 2 rings (SSSR count). The van der Waals surface area contributed by atoms with E-state index in [2.05, 4.69) is 10.6 Å². The number of hydrogen-bond acceptors (Lipinski definition) is 5. The monoisotopic (exact) mass is 285 g/mol. The average Bonchev–Trinajstić information content (AvgIpc) is 3.00. The number of carbonyl (C=O) groups excluding carboxylic acids is 2. The molecule has 1 fully saturated rings. The quantitative estimate of drug-likeness (QED) is 0.796. The van der Waals surface area contributed by atoms with Gasteiger partial charge in [-0.15, -0.1) is 23.7 Å². The van der Waals surface area contributed by atoms with Gasteiger partial charge in [-0.05, 0) is 31.5 Å². The highest BCUT2D eigenvalue weighted by atomic mass is 35.5. The van der Waals surface area contributed by atoms with Crippen LogP contribution in [0.3, 0.4) is 0 Å². The van der Waals surface area contributed by atoms with Crippen molar-refractivity contribution in [2.24, 2.45) is 0 Å². The number of imide groups is 1. The number of carbonyl (C=O) groups is 2. The highest BCUT2D eigenvalue weighted by Crippen LogP contribution is 2.15. The maximum absolute atomic E-state index is 11.7. The average molecular weight is 286 g/mol. The summed E-state index contributed by atoms with van der Waals surface area (Å²) in [7, 11) is 0. The molecule has 0 radical (unpaired) electrons. The van der Waals surface area contributed by atoms with Gasteiger partial charge in [0.1, 0.15) is 10.9 Å². The Morgan fingerprint density at radius 2 is 2.28 bits per heavy atom. The molecule has 7 heteroatoms. The van der Waals surface area contributed by atoms with Crippen LogP contribution in [0.5, 0.6) is 0 Å². The Labute approximate surface area is 115 Å². The zero-order valence-electron chi connectivity index (χ0n) is 9.43. The number of amides is 2. The Bertz CT molecular complexity index is 489. The molecule has 1 aromatic rings. The standard InChI is InChI=1S/C11H11N3O2S.ClH/c12-6-7-3-4-9(17-7)11(16)14-10(15)8-2-1-5-13-8;/h3-4,8,13H,1-2,5H2,(H,14,15,16);1H/t8-;/m0./s1. The van der Waals surface area contributed by atoms with E-state index >= 15 is 0 Å². The van der Waals surface area contributed by atoms with E-state index in [0.29, 0.717) is 9.75 Å². The van der Waals surface area contributed by atoms with Crippen LogP contribution in [0.15, 0.2) is 12.1 Å². The smallest absolute Gasteiger partial charge is 0.267 e. The zero-order chi connectivity index (χ0) is 12.3. The summed E-state index contributed by atoms with van der Waals surface area (Å²) in [5.41, 5.74) is 0. The topological polar surface area (TPSA) is 82.0 Å². The predicted molar refractivity (Wildman–Crippen MR) is 69.8 cm³/mol. The van der Waals surface area contributed by atoms with Crippen molar-refractivity contribution in [3.8, 4) is 6.07 Å². The molecule has 1 aliphatic heterocycles. The predicted octanol–water partition coefficient (Wildman–Crippen LogP) is 1.05. The Morgan fingerprint density at radius 1 is 1.50 bits per heavy atom. The van der Waals surface area contributed by atoms with E-state index in [1.165, 1.54) is 0 Å². The third-order valence-corrected chi connectivity index (χ3v) is 3.54. The van der Waals surface area contributed by atoms with E-state index in [0.717, 1.165) is 30.7 Å². The normalized spacial score (nSPS) is 17.6. The van der Waals surface area contributed by atoms with E-state index in [-0.39, 0.29) is 24.4 Å². The van der Waals surface area contributed by atoms with Crippen LogP contribution in [0, 0.1) is 11.3 Å². The summed E-state index contributed by atoms with van der Waals surface area (Å²) in [6.45, 7) is 0.809. The lowest BCUT2D eigenvalue weighted by Crippen LogP contribution is -2.43. The van der Waals surface area contributed by atoms with E-state index in [9.17, 15) is 9.59 Å². The van der Waals surface area contributed by atoms with E-state index in [4.69, 9.17) is 5.26 Å². The van der Waals surface area contributed by atoms with Crippen LogP contribution in [-0.2, 0) is 4.79 Å². The number of thiophene rings is 1. The fourth-order valence-electron chi connectivity index (χ4n) is 1.69. The summed E-state index contributed by atoms with van der Waals surface area (Å²) in [4.78, 5) is 24.2. The maximum atomic E-state index is 11.7. The second-order valence-electron chi connectivity index (χ2n) is 3.74. The van der Waals surface area contributed by atoms with Crippen molar-refractivity contribution in [1.29, 1.82) is 5.26 Å². The highest BCUT2D eigenvalue weighted by molar-refractivity contribution is 7.14. The summed E-state index contributed by atoms with van der Waals surface area (Å²) in [5, 5.41) is 14.0. The Hall–Kier alpha value is -1.42. The number of rotatable bonds is 2. The summed E-state index contributed by atoms with van der Waals surface area (Å²) in [5.74, 6) is -0.727. The minimum Gasteiger partial charge on any atom is -0.306 e. The molecular weight excluding hydrogens is 274 g/mol. The molecule has 1 atom stereocenters. The lowest BCUT2D eigenvalue weighted by Gasteiger charge is -2.08. The zero-order valence-corrected chi connectivity index (χ0v) is 11.1. The molecule has 0 aliphatic carbocycles. The van der Waals surface area contributed by atoms with Gasteiger partial charge in [-0.2, -0.15) is 5.26 Å². The molecule has 0 unspecified atom stereocenters. The number of nitrogens with one attached hydrogen (secondary N) is 2. The van der Waals surface area contributed by atoms with Crippen molar-refractivity contribution in [1.82, 2.24) is 10.6 Å². The molecule has 0 aromatic carbocycles. The summed E-state index contributed by atoms with van der Waals surface area (Å²) in [6.07, 6.45) is 1.71. The van der Waals surface area contributed by atoms with Crippen LogP contribution in [0.1, 0.15) is 27.4 Å². The Balaban J connectivity index is 0.00000162. The molecular formula is C11H12ClN3O2S. The minimum atomic E-state index is -0.435. The van der Waals surface area contributed by atoms with Gasteiger partial charge in [0.15, 0.2) is 0 Å². The van der Waals surface area contributed by atoms with Gasteiger partial charge in [0.2, 0.25) is 5.91 Å². The van der Waals surface area contributed by atoms with Gasteiger partial charge in [0, 0.05) is 0 Å². The van der Waals surface area contributed by atoms with Crippen LogP contribution >= 0.6 is 23.7 Å². The third kappa shape index (κ3) is 3.29. The van der Waals surface area contributed by atoms with Gasteiger partial charge in [0.25, 0.3) is 5.91 Å². The Morgan fingerprint density at radius 3 is 2.83 bits per heavy atom. The van der Waals surface area contributed by atoms with Crippen LogP contribution in [0.4, 0.5) is 0 Å². The summed E-state index contributed by atoms with van der Waals surface area (Å²) in [6, 6.07) is 4.80. The first kappa shape index (κ1) is 14.6. The van der Waals surface area contributed by atoms with Crippen molar-refractivity contribution >= 4 is 35.6 Å². The molecule has 0 spiro atoms. The number of nitriles is 1. The molecule has 2 N–H and O–H groups in total. The first-order valence-corrected chi connectivity index (χ1v) is 6.11. The largest absolute Gasteiger partial charge is 0.306 e. The third-order valence-electron chi connectivity index (χ3n) is 2.55. The Kier molecular flexibility index (Phi) is 5.28. The number of hydrogen-bond donors (Lipinski definition) is 2. The maximum Gasteiger partial charge on any atom is 0.267 e. The second-order valence-corrected chi connectivity index (χ2v) is 4.83. The van der Waals surface area contributed by atoms with E-state index in [1.54, 1.807) is 12.1 Å². The van der Waals surface area contributed by atoms with Gasteiger partial charge >= 0.3 is 0 Å². The van der Waals surface area contributed by atoms with Crippen LogP contribution in [0.2, 0.25) is 0 Å². The highest BCUT2D eigenvalue weighted by Gasteiger charge is 2.24. The van der Waals surface area contributed by atoms with Gasteiger partial charge in [-0.1, -0.05) is 0 Å². The minimum absolute atomic E-state index is 0. The van der Waals surface area contributed by atoms with Crippen molar-refractivity contribution in [2.45, 2.75) is 18.9 Å². The van der Waals surface area contributed by atoms with Crippen LogP contribution in [0.25, 0.3) is 0 Å². The SMILES string of the molecule is Cl.N#Cc1ccc(C(=O)NC(=O)[C@@H]2CCCN2)s1. The van der Waals surface area contributed by atoms with E-state index < -0.39 is 5.91 Å². The molecule has 1 aliphatic rings. The molecule has 2 heterocycles. The van der Waals surface area contributed by atoms with Gasteiger partial charge in [-0.25, -0.2) is 0 Å². The van der Waals surface area contributed by atoms with Crippen molar-refractivity contribution in [3.63, 3.8) is 0 Å². The molecule has 1 saturated heterocycles. The van der Waals surface area contributed by atoms with Gasteiger partial charge in [-0.3, -0.25) is 14.9 Å². The fraction of sp³-hybridized carbons (Fsp3) is 0.364. The van der Waals surface area contributed by atoms with Gasteiger partial charge in [0.05, 0.1) is 10.9 Å². The van der Waals surface area contributed by atoms with E-state index in [1.807, 2.05) is 6.07 Å². The number of halogens is 1. The molecule has 18 heavy (non-hydrogen) atoms. The van der Waals surface area contributed by atoms with Crippen molar-refractivity contribution in [3.05, 3.63) is 21.9 Å². The molecule has 0 bridgehead atoms. The summed E-state index contributed by atoms with van der Waals surface area (Å²) >= 11 is 1.08. The van der Waals surface area contributed by atoms with Crippen molar-refractivity contribution < 1.29 is 9.59 Å². The second kappa shape index (κ2) is 6.50.